The molecule has 1 aromatic heterocycles. The molecule has 1 heterocycles. The van der Waals surface area contributed by atoms with Crippen molar-refractivity contribution in [2.75, 3.05) is 31.0 Å². The van der Waals surface area contributed by atoms with Gasteiger partial charge in [0.25, 0.3) is 5.91 Å². The van der Waals surface area contributed by atoms with Crippen molar-refractivity contribution < 1.29 is 9.53 Å². The minimum Gasteiger partial charge on any atom is -0.494 e. The molecule has 0 saturated heterocycles. The minimum atomic E-state index is -0.209. The third kappa shape index (κ3) is 4.00. The van der Waals surface area contributed by atoms with E-state index in [1.807, 2.05) is 56.3 Å². The lowest BCUT2D eigenvalue weighted by molar-refractivity contribution is 0.0962. The number of fused-ring (bicyclic) bond motifs is 1. The molecular weight excluding hydrogens is 336 g/mol. The van der Waals surface area contributed by atoms with E-state index in [1.165, 1.54) is 11.3 Å². The average molecular weight is 356 g/mol. The van der Waals surface area contributed by atoms with Gasteiger partial charge in [-0.25, -0.2) is 4.98 Å². The van der Waals surface area contributed by atoms with Gasteiger partial charge in [0.05, 0.1) is 16.8 Å². The Balaban J connectivity index is 1.66. The van der Waals surface area contributed by atoms with Crippen molar-refractivity contribution in [2.45, 2.75) is 6.92 Å². The molecule has 0 saturated carbocycles. The fourth-order valence-electron chi connectivity index (χ4n) is 2.31. The minimum absolute atomic E-state index is 0.209. The van der Waals surface area contributed by atoms with Crippen LogP contribution in [0.15, 0.2) is 42.5 Å². The van der Waals surface area contributed by atoms with E-state index in [0.717, 1.165) is 21.7 Å². The zero-order valence-corrected chi connectivity index (χ0v) is 15.2. The predicted molar refractivity (Wildman–Crippen MR) is 103 cm³/mol. The zero-order valence-electron chi connectivity index (χ0n) is 14.4. The van der Waals surface area contributed by atoms with Gasteiger partial charge < -0.3 is 9.64 Å². The summed E-state index contributed by atoms with van der Waals surface area (Å²) in [5.74, 6) is 0.606. The number of thiazole rings is 1. The van der Waals surface area contributed by atoms with Gasteiger partial charge in [-0.05, 0) is 49.4 Å². The maximum Gasteiger partial charge on any atom is 0.269 e. The van der Waals surface area contributed by atoms with Crippen molar-refractivity contribution in [2.24, 2.45) is 0 Å². The SMILES string of the molecule is CCOc1ccc2nc(NNC(=O)c3ccc(N(C)C)cc3)sc2c1. The van der Waals surface area contributed by atoms with Gasteiger partial charge >= 0.3 is 0 Å². The number of aromatic nitrogens is 1. The largest absolute Gasteiger partial charge is 0.494 e. The summed E-state index contributed by atoms with van der Waals surface area (Å²) in [6.07, 6.45) is 0. The fourth-order valence-corrected chi connectivity index (χ4v) is 3.16. The fraction of sp³-hybridized carbons (Fsp3) is 0.222. The lowest BCUT2D eigenvalue weighted by Gasteiger charge is -2.12. The second-order valence-corrected chi connectivity index (χ2v) is 6.63. The highest BCUT2D eigenvalue weighted by Gasteiger charge is 2.08. The highest BCUT2D eigenvalue weighted by molar-refractivity contribution is 7.22. The average Bonchev–Trinajstić information content (AvgIpc) is 3.02. The molecule has 0 bridgehead atoms. The summed E-state index contributed by atoms with van der Waals surface area (Å²) in [5, 5.41) is 0.627. The third-order valence-corrected chi connectivity index (χ3v) is 4.53. The first-order chi connectivity index (χ1) is 12.1. The van der Waals surface area contributed by atoms with Gasteiger partial charge in [-0.3, -0.25) is 15.6 Å². The highest BCUT2D eigenvalue weighted by Crippen LogP contribution is 2.28. The second kappa shape index (κ2) is 7.40. The summed E-state index contributed by atoms with van der Waals surface area (Å²) in [6.45, 7) is 2.57. The molecule has 0 aliphatic carbocycles. The number of amides is 1. The number of hydrazine groups is 1. The first-order valence-electron chi connectivity index (χ1n) is 7.94. The summed E-state index contributed by atoms with van der Waals surface area (Å²) in [4.78, 5) is 18.7. The van der Waals surface area contributed by atoms with E-state index in [0.29, 0.717) is 17.3 Å². The molecule has 6 nitrogen and oxygen atoms in total. The van der Waals surface area contributed by atoms with Crippen LogP contribution in [0.5, 0.6) is 5.75 Å². The molecule has 0 spiro atoms. The smallest absolute Gasteiger partial charge is 0.269 e. The molecule has 0 unspecified atom stereocenters. The standard InChI is InChI=1S/C18H20N4O2S/c1-4-24-14-9-10-15-16(11-14)25-18(19-15)21-20-17(23)12-5-7-13(8-6-12)22(2)3/h5-11H,4H2,1-3H3,(H,19,21)(H,20,23). The summed E-state index contributed by atoms with van der Waals surface area (Å²) in [6, 6.07) is 13.1. The number of rotatable bonds is 6. The van der Waals surface area contributed by atoms with E-state index < -0.39 is 0 Å². The molecule has 0 aliphatic heterocycles. The molecule has 7 heteroatoms. The van der Waals surface area contributed by atoms with Crippen molar-refractivity contribution in [3.8, 4) is 5.75 Å². The summed E-state index contributed by atoms with van der Waals surface area (Å²) >= 11 is 1.46. The van der Waals surface area contributed by atoms with Crippen LogP contribution in [0.25, 0.3) is 10.2 Å². The van der Waals surface area contributed by atoms with E-state index in [1.54, 1.807) is 12.1 Å². The summed E-state index contributed by atoms with van der Waals surface area (Å²) in [7, 11) is 3.92. The molecule has 3 rings (SSSR count). The van der Waals surface area contributed by atoms with Crippen LogP contribution in [0, 0.1) is 0 Å². The van der Waals surface area contributed by atoms with Crippen LogP contribution in [0.3, 0.4) is 0 Å². The second-order valence-electron chi connectivity index (χ2n) is 5.60. The van der Waals surface area contributed by atoms with Gasteiger partial charge in [0.15, 0.2) is 0 Å². The third-order valence-electron chi connectivity index (χ3n) is 3.60. The van der Waals surface area contributed by atoms with Gasteiger partial charge in [0, 0.05) is 25.3 Å². The van der Waals surface area contributed by atoms with E-state index in [4.69, 9.17) is 4.74 Å². The number of carbonyl (C=O) groups is 1. The molecule has 2 N–H and O–H groups in total. The Morgan fingerprint density at radius 3 is 2.64 bits per heavy atom. The quantitative estimate of drug-likeness (QED) is 0.662. The van der Waals surface area contributed by atoms with Crippen LogP contribution in [0.2, 0.25) is 0 Å². The maximum absolute atomic E-state index is 12.2. The maximum atomic E-state index is 12.2. The van der Waals surface area contributed by atoms with Crippen molar-refractivity contribution in [3.63, 3.8) is 0 Å². The number of nitrogens with zero attached hydrogens (tertiary/aromatic N) is 2. The molecule has 0 fully saturated rings. The number of hydrogen-bond acceptors (Lipinski definition) is 6. The van der Waals surface area contributed by atoms with Crippen LogP contribution < -0.4 is 20.5 Å². The molecule has 25 heavy (non-hydrogen) atoms. The van der Waals surface area contributed by atoms with E-state index in [9.17, 15) is 4.79 Å². The highest BCUT2D eigenvalue weighted by atomic mass is 32.1. The van der Waals surface area contributed by atoms with Crippen molar-refractivity contribution in [3.05, 3.63) is 48.0 Å². The predicted octanol–water partition coefficient (Wildman–Crippen LogP) is 3.52. The molecule has 1 amide bonds. The van der Waals surface area contributed by atoms with Crippen LogP contribution >= 0.6 is 11.3 Å². The molecule has 3 aromatic rings. The Labute approximate surface area is 150 Å². The Bertz CT molecular complexity index is 874. The Hall–Kier alpha value is -2.80. The van der Waals surface area contributed by atoms with Gasteiger partial charge in [0.2, 0.25) is 5.13 Å². The molecular formula is C18H20N4O2S. The number of nitrogens with one attached hydrogen (secondary N) is 2. The zero-order chi connectivity index (χ0) is 17.8. The topological polar surface area (TPSA) is 66.5 Å². The van der Waals surface area contributed by atoms with E-state index in [-0.39, 0.29) is 5.91 Å². The van der Waals surface area contributed by atoms with Crippen LogP contribution in [-0.2, 0) is 0 Å². The normalized spacial score (nSPS) is 10.5. The van der Waals surface area contributed by atoms with Crippen molar-refractivity contribution >= 4 is 38.3 Å². The van der Waals surface area contributed by atoms with Crippen LogP contribution in [0.1, 0.15) is 17.3 Å². The first kappa shape index (κ1) is 17.0. The number of anilines is 2. The van der Waals surface area contributed by atoms with Crippen LogP contribution in [0.4, 0.5) is 10.8 Å². The number of carbonyl (C=O) groups excluding carboxylic acids is 1. The number of hydrogen-bond donors (Lipinski definition) is 2. The molecule has 130 valence electrons. The molecule has 0 aliphatic rings. The van der Waals surface area contributed by atoms with Gasteiger partial charge in [0.1, 0.15) is 5.75 Å². The lowest BCUT2D eigenvalue weighted by atomic mass is 10.2. The van der Waals surface area contributed by atoms with Gasteiger partial charge in [-0.15, -0.1) is 0 Å². The summed E-state index contributed by atoms with van der Waals surface area (Å²) < 4.78 is 6.49. The Morgan fingerprint density at radius 2 is 1.96 bits per heavy atom. The first-order valence-corrected chi connectivity index (χ1v) is 8.75. The van der Waals surface area contributed by atoms with E-state index >= 15 is 0 Å². The van der Waals surface area contributed by atoms with E-state index in [2.05, 4.69) is 15.8 Å². The van der Waals surface area contributed by atoms with Crippen molar-refractivity contribution in [1.82, 2.24) is 10.4 Å². The Kier molecular flexibility index (Phi) is 5.04. The summed E-state index contributed by atoms with van der Waals surface area (Å²) in [5.41, 5.74) is 8.04. The number of benzene rings is 2. The van der Waals surface area contributed by atoms with Crippen LogP contribution in [-0.4, -0.2) is 31.6 Å². The van der Waals surface area contributed by atoms with Gasteiger partial charge in [-0.1, -0.05) is 11.3 Å². The molecule has 0 radical (unpaired) electrons. The number of ether oxygens (including phenoxy) is 1. The van der Waals surface area contributed by atoms with Crippen molar-refractivity contribution in [1.29, 1.82) is 0 Å². The molecule has 0 atom stereocenters. The molecule has 2 aromatic carbocycles. The monoisotopic (exact) mass is 356 g/mol. The van der Waals surface area contributed by atoms with Gasteiger partial charge in [-0.2, -0.15) is 0 Å². The lowest BCUT2D eigenvalue weighted by Crippen LogP contribution is -2.29. The Morgan fingerprint density at radius 1 is 1.20 bits per heavy atom.